The highest BCUT2D eigenvalue weighted by Gasteiger charge is 2.22. The van der Waals surface area contributed by atoms with Crippen LogP contribution in [0.15, 0.2) is 23.7 Å². The summed E-state index contributed by atoms with van der Waals surface area (Å²) in [7, 11) is 0. The van der Waals surface area contributed by atoms with Crippen molar-refractivity contribution in [3.8, 4) is 0 Å². The first-order chi connectivity index (χ1) is 10.6. The molecule has 3 rings (SSSR count). The van der Waals surface area contributed by atoms with Gasteiger partial charge in [0.25, 0.3) is 5.91 Å². The van der Waals surface area contributed by atoms with Crippen molar-refractivity contribution in [2.75, 3.05) is 0 Å². The Morgan fingerprint density at radius 3 is 2.86 bits per heavy atom. The molecule has 6 heteroatoms. The molecule has 116 valence electrons. The van der Waals surface area contributed by atoms with Gasteiger partial charge in [-0.1, -0.05) is 12.8 Å². The summed E-state index contributed by atoms with van der Waals surface area (Å²) in [5.41, 5.74) is 3.19. The molecule has 1 aromatic heterocycles. The lowest BCUT2D eigenvalue weighted by Crippen LogP contribution is -2.47. The van der Waals surface area contributed by atoms with Crippen LogP contribution in [-0.4, -0.2) is 28.9 Å². The van der Waals surface area contributed by atoms with E-state index < -0.39 is 6.04 Å². The SMILES string of the molecule is C[C@H](NC(=O)c1ccc2ncsc2c1)C(=O)NC1CCCC1. The summed E-state index contributed by atoms with van der Waals surface area (Å²) in [4.78, 5) is 28.5. The normalized spacial score (nSPS) is 16.6. The third-order valence-corrected chi connectivity index (χ3v) is 4.83. The van der Waals surface area contributed by atoms with Gasteiger partial charge in [0.15, 0.2) is 0 Å². The molecule has 0 radical (unpaired) electrons. The second-order valence-corrected chi connectivity index (χ2v) is 6.61. The molecule has 1 aliphatic rings. The number of carbonyl (C=O) groups is 2. The molecule has 2 amide bonds. The first kappa shape index (κ1) is 15.0. The van der Waals surface area contributed by atoms with E-state index in [0.717, 1.165) is 23.1 Å². The van der Waals surface area contributed by atoms with E-state index >= 15 is 0 Å². The standard InChI is InChI=1S/C16H19N3O2S/c1-10(15(20)19-12-4-2-3-5-12)18-16(21)11-6-7-13-14(8-11)22-9-17-13/h6-10,12H,2-5H2,1H3,(H,18,21)(H,19,20)/t10-/m0/s1. The lowest BCUT2D eigenvalue weighted by atomic mass is 10.1. The monoisotopic (exact) mass is 317 g/mol. The first-order valence-electron chi connectivity index (χ1n) is 7.58. The molecule has 1 aromatic carbocycles. The highest BCUT2D eigenvalue weighted by molar-refractivity contribution is 7.16. The quantitative estimate of drug-likeness (QED) is 0.910. The Balaban J connectivity index is 1.60. The van der Waals surface area contributed by atoms with E-state index in [9.17, 15) is 9.59 Å². The van der Waals surface area contributed by atoms with E-state index in [1.807, 2.05) is 12.1 Å². The molecule has 22 heavy (non-hydrogen) atoms. The number of aromatic nitrogens is 1. The second-order valence-electron chi connectivity index (χ2n) is 5.72. The van der Waals surface area contributed by atoms with Crippen LogP contribution in [0.4, 0.5) is 0 Å². The molecule has 5 nitrogen and oxygen atoms in total. The molecule has 1 fully saturated rings. The van der Waals surface area contributed by atoms with Gasteiger partial charge in [-0.3, -0.25) is 9.59 Å². The number of amides is 2. The topological polar surface area (TPSA) is 71.1 Å². The fourth-order valence-electron chi connectivity index (χ4n) is 2.74. The number of thiazole rings is 1. The summed E-state index contributed by atoms with van der Waals surface area (Å²) in [5, 5.41) is 5.76. The van der Waals surface area contributed by atoms with Gasteiger partial charge in [-0.25, -0.2) is 4.98 Å². The van der Waals surface area contributed by atoms with Crippen LogP contribution in [0.25, 0.3) is 10.2 Å². The average molecular weight is 317 g/mol. The van der Waals surface area contributed by atoms with Crippen molar-refractivity contribution < 1.29 is 9.59 Å². The van der Waals surface area contributed by atoms with E-state index in [4.69, 9.17) is 0 Å². The van der Waals surface area contributed by atoms with Gasteiger partial charge in [-0.05, 0) is 38.0 Å². The van der Waals surface area contributed by atoms with Crippen molar-refractivity contribution in [1.82, 2.24) is 15.6 Å². The molecule has 1 aliphatic carbocycles. The zero-order valence-corrected chi connectivity index (χ0v) is 13.3. The summed E-state index contributed by atoms with van der Waals surface area (Å²) in [6.45, 7) is 1.72. The van der Waals surface area contributed by atoms with Crippen LogP contribution in [0, 0.1) is 0 Å². The maximum Gasteiger partial charge on any atom is 0.251 e. The zero-order chi connectivity index (χ0) is 15.5. The molecule has 0 aliphatic heterocycles. The summed E-state index contributed by atoms with van der Waals surface area (Å²) < 4.78 is 0.968. The third-order valence-electron chi connectivity index (χ3n) is 4.04. The molecular weight excluding hydrogens is 298 g/mol. The summed E-state index contributed by atoms with van der Waals surface area (Å²) >= 11 is 1.49. The van der Waals surface area contributed by atoms with Crippen molar-refractivity contribution in [2.45, 2.75) is 44.7 Å². The number of hydrogen-bond donors (Lipinski definition) is 2. The van der Waals surface area contributed by atoms with Crippen LogP contribution in [0.5, 0.6) is 0 Å². The molecule has 2 aromatic rings. The van der Waals surface area contributed by atoms with E-state index in [1.165, 1.54) is 24.2 Å². The predicted octanol–water partition coefficient (Wildman–Crippen LogP) is 2.47. The summed E-state index contributed by atoms with van der Waals surface area (Å²) in [6, 6.07) is 5.10. The smallest absolute Gasteiger partial charge is 0.251 e. The number of hydrogen-bond acceptors (Lipinski definition) is 4. The fourth-order valence-corrected chi connectivity index (χ4v) is 3.45. The van der Waals surface area contributed by atoms with Crippen LogP contribution < -0.4 is 10.6 Å². The molecule has 0 unspecified atom stereocenters. The van der Waals surface area contributed by atoms with Crippen molar-refractivity contribution in [1.29, 1.82) is 0 Å². The number of fused-ring (bicyclic) bond motifs is 1. The minimum absolute atomic E-state index is 0.112. The maximum absolute atomic E-state index is 12.3. The van der Waals surface area contributed by atoms with Gasteiger partial charge in [-0.15, -0.1) is 11.3 Å². The molecule has 0 bridgehead atoms. The molecule has 1 saturated carbocycles. The van der Waals surface area contributed by atoms with Gasteiger partial charge >= 0.3 is 0 Å². The third kappa shape index (κ3) is 3.27. The maximum atomic E-state index is 12.3. The second kappa shape index (κ2) is 6.44. The summed E-state index contributed by atoms with van der Waals surface area (Å²) in [6.07, 6.45) is 4.41. The molecule has 1 heterocycles. The van der Waals surface area contributed by atoms with Crippen molar-refractivity contribution in [3.05, 3.63) is 29.3 Å². The van der Waals surface area contributed by atoms with E-state index in [-0.39, 0.29) is 17.9 Å². The Kier molecular flexibility index (Phi) is 4.38. The van der Waals surface area contributed by atoms with Crippen LogP contribution in [-0.2, 0) is 4.79 Å². The number of nitrogens with one attached hydrogen (secondary N) is 2. The van der Waals surface area contributed by atoms with E-state index in [2.05, 4.69) is 15.6 Å². The Hall–Kier alpha value is -1.95. The Labute approximate surface area is 133 Å². The molecule has 1 atom stereocenters. The number of rotatable bonds is 4. The fraction of sp³-hybridized carbons (Fsp3) is 0.438. The largest absolute Gasteiger partial charge is 0.352 e. The number of carbonyl (C=O) groups excluding carboxylic acids is 2. The minimum atomic E-state index is -0.537. The Morgan fingerprint density at radius 1 is 1.32 bits per heavy atom. The highest BCUT2D eigenvalue weighted by Crippen LogP contribution is 2.19. The van der Waals surface area contributed by atoms with E-state index in [0.29, 0.717) is 5.56 Å². The van der Waals surface area contributed by atoms with Gasteiger partial charge in [-0.2, -0.15) is 0 Å². The van der Waals surface area contributed by atoms with E-state index in [1.54, 1.807) is 18.5 Å². The van der Waals surface area contributed by atoms with Gasteiger partial charge in [0, 0.05) is 11.6 Å². The number of benzene rings is 1. The Morgan fingerprint density at radius 2 is 2.09 bits per heavy atom. The lowest BCUT2D eigenvalue weighted by molar-refractivity contribution is -0.123. The predicted molar refractivity (Wildman–Crippen MR) is 86.9 cm³/mol. The first-order valence-corrected chi connectivity index (χ1v) is 8.46. The van der Waals surface area contributed by atoms with Gasteiger partial charge < -0.3 is 10.6 Å². The molecule has 2 N–H and O–H groups in total. The lowest BCUT2D eigenvalue weighted by Gasteiger charge is -2.17. The van der Waals surface area contributed by atoms with Gasteiger partial charge in [0.1, 0.15) is 6.04 Å². The number of nitrogens with zero attached hydrogens (tertiary/aromatic N) is 1. The average Bonchev–Trinajstić information content (AvgIpc) is 3.16. The molecular formula is C16H19N3O2S. The van der Waals surface area contributed by atoms with Crippen molar-refractivity contribution >= 4 is 33.4 Å². The van der Waals surface area contributed by atoms with Crippen LogP contribution >= 0.6 is 11.3 Å². The van der Waals surface area contributed by atoms with Crippen LogP contribution in [0.2, 0.25) is 0 Å². The Bertz CT molecular complexity index is 692. The van der Waals surface area contributed by atoms with Crippen LogP contribution in [0.1, 0.15) is 43.0 Å². The van der Waals surface area contributed by atoms with Crippen molar-refractivity contribution in [2.24, 2.45) is 0 Å². The van der Waals surface area contributed by atoms with Crippen molar-refractivity contribution in [3.63, 3.8) is 0 Å². The summed E-state index contributed by atoms with van der Waals surface area (Å²) in [5.74, 6) is -0.344. The van der Waals surface area contributed by atoms with Gasteiger partial charge in [0.05, 0.1) is 15.7 Å². The van der Waals surface area contributed by atoms with Gasteiger partial charge in [0.2, 0.25) is 5.91 Å². The molecule has 0 spiro atoms. The zero-order valence-electron chi connectivity index (χ0n) is 12.5. The highest BCUT2D eigenvalue weighted by atomic mass is 32.1. The van der Waals surface area contributed by atoms with Crippen LogP contribution in [0.3, 0.4) is 0 Å². The minimum Gasteiger partial charge on any atom is -0.352 e. The molecule has 0 saturated heterocycles.